The molecule has 2 fully saturated rings. The summed E-state index contributed by atoms with van der Waals surface area (Å²) in [4.78, 5) is 16.8. The Kier molecular flexibility index (Phi) is 6.67. The molecule has 0 saturated carbocycles. The Morgan fingerprint density at radius 2 is 2.08 bits per heavy atom. The fourth-order valence-electron chi connectivity index (χ4n) is 3.32. The van der Waals surface area contributed by atoms with Gasteiger partial charge in [-0.2, -0.15) is 0 Å². The van der Waals surface area contributed by atoms with E-state index in [1.165, 1.54) is 5.69 Å². The van der Waals surface area contributed by atoms with Crippen LogP contribution in [0.15, 0.2) is 24.3 Å². The van der Waals surface area contributed by atoms with E-state index in [0.717, 1.165) is 51.2 Å². The third-order valence-electron chi connectivity index (χ3n) is 4.87. The molecule has 2 aliphatic heterocycles. The van der Waals surface area contributed by atoms with Gasteiger partial charge in [0.25, 0.3) is 0 Å². The molecule has 0 unspecified atom stereocenters. The molecule has 138 valence electrons. The number of benzene rings is 1. The second kappa shape index (κ2) is 9.17. The van der Waals surface area contributed by atoms with Gasteiger partial charge in [-0.3, -0.25) is 4.79 Å². The van der Waals surface area contributed by atoms with Crippen molar-refractivity contribution in [1.82, 2.24) is 10.2 Å². The standard InChI is InChI=1S/C19H29N3O3/c1-21-8-10-22(11-9-21)18-7-3-2-5-16(18)13-20-19(23)15-24-14-17-6-4-12-25-17/h2-3,5,7,17H,4,6,8-15H2,1H3,(H,20,23)/t17-/m0/s1. The molecule has 2 heterocycles. The highest BCUT2D eigenvalue weighted by molar-refractivity contribution is 5.77. The number of amides is 1. The van der Waals surface area contributed by atoms with Crippen LogP contribution < -0.4 is 10.2 Å². The van der Waals surface area contributed by atoms with Crippen LogP contribution >= 0.6 is 0 Å². The zero-order valence-corrected chi connectivity index (χ0v) is 15.1. The lowest BCUT2D eigenvalue weighted by molar-refractivity contribution is -0.127. The van der Waals surface area contributed by atoms with Crippen LogP contribution in [0.4, 0.5) is 5.69 Å². The van der Waals surface area contributed by atoms with Gasteiger partial charge in [-0.25, -0.2) is 0 Å². The smallest absolute Gasteiger partial charge is 0.246 e. The van der Waals surface area contributed by atoms with Crippen LogP contribution in [0.25, 0.3) is 0 Å². The first-order valence-corrected chi connectivity index (χ1v) is 9.20. The average molecular weight is 347 g/mol. The molecule has 0 bridgehead atoms. The van der Waals surface area contributed by atoms with Crippen LogP contribution in [0.3, 0.4) is 0 Å². The van der Waals surface area contributed by atoms with Gasteiger partial charge in [0, 0.05) is 45.0 Å². The van der Waals surface area contributed by atoms with Crippen LogP contribution in [0.2, 0.25) is 0 Å². The third kappa shape index (κ3) is 5.42. The lowest BCUT2D eigenvalue weighted by Gasteiger charge is -2.35. The molecule has 6 nitrogen and oxygen atoms in total. The van der Waals surface area contributed by atoms with Gasteiger partial charge in [0.2, 0.25) is 5.91 Å². The van der Waals surface area contributed by atoms with E-state index in [-0.39, 0.29) is 18.6 Å². The van der Waals surface area contributed by atoms with E-state index in [0.29, 0.717) is 13.2 Å². The summed E-state index contributed by atoms with van der Waals surface area (Å²) in [5.74, 6) is -0.0776. The molecule has 1 N–H and O–H groups in total. The van der Waals surface area contributed by atoms with Gasteiger partial charge in [-0.15, -0.1) is 0 Å². The molecular formula is C19H29N3O3. The minimum atomic E-state index is -0.0776. The van der Waals surface area contributed by atoms with Gasteiger partial charge in [-0.05, 0) is 31.5 Å². The Bertz CT molecular complexity index is 553. The number of anilines is 1. The van der Waals surface area contributed by atoms with Crippen LogP contribution in [0.1, 0.15) is 18.4 Å². The number of hydrogen-bond acceptors (Lipinski definition) is 5. The maximum Gasteiger partial charge on any atom is 0.246 e. The minimum absolute atomic E-state index is 0.0776. The summed E-state index contributed by atoms with van der Waals surface area (Å²) in [7, 11) is 2.15. The normalized spacial score (nSPS) is 21.5. The van der Waals surface area contributed by atoms with Gasteiger partial charge in [-0.1, -0.05) is 18.2 Å². The number of piperazine rings is 1. The highest BCUT2D eigenvalue weighted by Gasteiger charge is 2.18. The highest BCUT2D eigenvalue weighted by Crippen LogP contribution is 2.21. The average Bonchev–Trinajstić information content (AvgIpc) is 3.14. The van der Waals surface area contributed by atoms with E-state index in [9.17, 15) is 4.79 Å². The van der Waals surface area contributed by atoms with Gasteiger partial charge in [0.05, 0.1) is 12.7 Å². The van der Waals surface area contributed by atoms with Crippen molar-refractivity contribution in [1.29, 1.82) is 0 Å². The van der Waals surface area contributed by atoms with Crippen molar-refractivity contribution in [3.8, 4) is 0 Å². The van der Waals surface area contributed by atoms with Crippen molar-refractivity contribution in [3.05, 3.63) is 29.8 Å². The van der Waals surface area contributed by atoms with Crippen LogP contribution in [-0.4, -0.2) is 70.0 Å². The van der Waals surface area contributed by atoms with Crippen LogP contribution in [0, 0.1) is 0 Å². The van der Waals surface area contributed by atoms with E-state index in [4.69, 9.17) is 9.47 Å². The number of carbonyl (C=O) groups is 1. The first-order valence-electron chi connectivity index (χ1n) is 9.20. The van der Waals surface area contributed by atoms with Crippen molar-refractivity contribution in [2.24, 2.45) is 0 Å². The SMILES string of the molecule is CN1CCN(c2ccccc2CNC(=O)COC[C@@H]2CCCO2)CC1. The Balaban J connectivity index is 1.45. The van der Waals surface area contributed by atoms with Crippen LogP contribution in [-0.2, 0) is 20.8 Å². The summed E-state index contributed by atoms with van der Waals surface area (Å²) in [5.41, 5.74) is 2.37. The Hall–Kier alpha value is -1.63. The third-order valence-corrected chi connectivity index (χ3v) is 4.87. The predicted octanol–water partition coefficient (Wildman–Crippen LogP) is 1.25. The molecule has 0 aromatic heterocycles. The summed E-state index contributed by atoms with van der Waals surface area (Å²) in [5, 5.41) is 2.97. The fourth-order valence-corrected chi connectivity index (χ4v) is 3.32. The maximum absolute atomic E-state index is 12.0. The van der Waals surface area contributed by atoms with E-state index in [1.807, 2.05) is 6.07 Å². The molecule has 0 radical (unpaired) electrons. The minimum Gasteiger partial charge on any atom is -0.376 e. The number of hydrogen-bond donors (Lipinski definition) is 1. The van der Waals surface area contributed by atoms with Gasteiger partial charge < -0.3 is 24.6 Å². The zero-order valence-electron chi connectivity index (χ0n) is 15.1. The largest absolute Gasteiger partial charge is 0.376 e. The Labute approximate surface area is 150 Å². The van der Waals surface area contributed by atoms with E-state index < -0.39 is 0 Å². The predicted molar refractivity (Wildman–Crippen MR) is 97.8 cm³/mol. The quantitative estimate of drug-likeness (QED) is 0.805. The molecule has 25 heavy (non-hydrogen) atoms. The zero-order chi connectivity index (χ0) is 17.5. The molecule has 1 aromatic carbocycles. The highest BCUT2D eigenvalue weighted by atomic mass is 16.5. The van der Waals surface area contributed by atoms with E-state index in [1.54, 1.807) is 0 Å². The lowest BCUT2D eigenvalue weighted by Crippen LogP contribution is -2.45. The van der Waals surface area contributed by atoms with Gasteiger partial charge >= 0.3 is 0 Å². The molecule has 0 spiro atoms. The summed E-state index contributed by atoms with van der Waals surface area (Å²) >= 11 is 0. The first-order chi connectivity index (χ1) is 12.2. The number of carbonyl (C=O) groups excluding carboxylic acids is 1. The fraction of sp³-hybridized carbons (Fsp3) is 0.632. The number of para-hydroxylation sites is 1. The summed E-state index contributed by atoms with van der Waals surface area (Å²) in [6.45, 7) is 6.11. The number of rotatable bonds is 7. The Morgan fingerprint density at radius 3 is 2.84 bits per heavy atom. The second-order valence-electron chi connectivity index (χ2n) is 6.85. The van der Waals surface area contributed by atoms with Crippen molar-refractivity contribution in [2.75, 3.05) is 57.9 Å². The first kappa shape index (κ1) is 18.2. The summed E-state index contributed by atoms with van der Waals surface area (Å²) in [6.07, 6.45) is 2.27. The number of nitrogens with zero attached hydrogens (tertiary/aromatic N) is 2. The van der Waals surface area contributed by atoms with E-state index in [2.05, 4.69) is 40.4 Å². The number of ether oxygens (including phenoxy) is 2. The lowest BCUT2D eigenvalue weighted by atomic mass is 10.1. The Morgan fingerprint density at radius 1 is 1.28 bits per heavy atom. The number of likely N-dealkylation sites (N-methyl/N-ethyl adjacent to an activating group) is 1. The monoisotopic (exact) mass is 347 g/mol. The van der Waals surface area contributed by atoms with Crippen molar-refractivity contribution in [3.63, 3.8) is 0 Å². The van der Waals surface area contributed by atoms with Crippen LogP contribution in [0.5, 0.6) is 0 Å². The molecule has 2 saturated heterocycles. The maximum atomic E-state index is 12.0. The summed E-state index contributed by atoms with van der Waals surface area (Å²) in [6, 6.07) is 8.31. The molecule has 1 atom stereocenters. The molecule has 2 aliphatic rings. The molecule has 0 aliphatic carbocycles. The summed E-state index contributed by atoms with van der Waals surface area (Å²) < 4.78 is 11.0. The van der Waals surface area contributed by atoms with Crippen molar-refractivity contribution in [2.45, 2.75) is 25.5 Å². The molecule has 1 amide bonds. The molecule has 6 heteroatoms. The topological polar surface area (TPSA) is 54.0 Å². The van der Waals surface area contributed by atoms with Gasteiger partial charge in [0.15, 0.2) is 0 Å². The van der Waals surface area contributed by atoms with E-state index >= 15 is 0 Å². The molecule has 1 aromatic rings. The molecular weight excluding hydrogens is 318 g/mol. The number of nitrogens with one attached hydrogen (secondary N) is 1. The van der Waals surface area contributed by atoms with Crippen molar-refractivity contribution >= 4 is 11.6 Å². The van der Waals surface area contributed by atoms with Crippen molar-refractivity contribution < 1.29 is 14.3 Å². The molecule has 3 rings (SSSR count). The van der Waals surface area contributed by atoms with Gasteiger partial charge in [0.1, 0.15) is 6.61 Å². The second-order valence-corrected chi connectivity index (χ2v) is 6.85.